The Kier molecular flexibility index (Phi) is 8.85. The lowest BCUT2D eigenvalue weighted by molar-refractivity contribution is -0.142. The zero-order valence-corrected chi connectivity index (χ0v) is 24.5. The molecule has 3 aliphatic heterocycles. The quantitative estimate of drug-likeness (QED) is 0.363. The first-order valence-corrected chi connectivity index (χ1v) is 15.2. The topological polar surface area (TPSA) is 88.0 Å². The maximum Gasteiger partial charge on any atom is 0.306 e. The van der Waals surface area contributed by atoms with Crippen molar-refractivity contribution >= 4 is 11.8 Å². The first-order valence-electron chi connectivity index (χ1n) is 15.2. The molecule has 3 saturated heterocycles. The summed E-state index contributed by atoms with van der Waals surface area (Å²) in [5, 5.41) is 9.31. The van der Waals surface area contributed by atoms with Gasteiger partial charge in [-0.25, -0.2) is 13.8 Å². The molecule has 5 heterocycles. The standard InChI is InChI=1S/C33H38F2N4O4/c1-21-24(5-6-29(36-21)22-7-12-38(13-8-22)26-11-16-42-20-26)19-43-32-27(17-25(34)18-28(32)35)30-3-2-4-31(37-30)39-14-9-23(10-15-39)33(40)41/h2-6,17-18,22-23,26H,7-16,19-20H2,1H3,(H,40,41). The van der Waals surface area contributed by atoms with E-state index < -0.39 is 17.6 Å². The molecule has 10 heteroatoms. The van der Waals surface area contributed by atoms with Gasteiger partial charge in [-0.15, -0.1) is 0 Å². The number of hydrogen-bond donors (Lipinski definition) is 1. The molecular weight excluding hydrogens is 554 g/mol. The minimum Gasteiger partial charge on any atom is -0.485 e. The van der Waals surface area contributed by atoms with Gasteiger partial charge in [0.1, 0.15) is 18.2 Å². The van der Waals surface area contributed by atoms with Crippen LogP contribution in [0.2, 0.25) is 0 Å². The van der Waals surface area contributed by atoms with Gasteiger partial charge in [0, 0.05) is 60.2 Å². The molecule has 0 aliphatic carbocycles. The summed E-state index contributed by atoms with van der Waals surface area (Å²) in [5.74, 6) is -1.70. The highest BCUT2D eigenvalue weighted by Crippen LogP contribution is 2.35. The molecule has 8 nitrogen and oxygen atoms in total. The van der Waals surface area contributed by atoms with E-state index in [1.165, 1.54) is 6.07 Å². The normalized spacial score (nSPS) is 20.4. The fourth-order valence-corrected chi connectivity index (χ4v) is 6.51. The van der Waals surface area contributed by atoms with Gasteiger partial charge in [0.2, 0.25) is 0 Å². The summed E-state index contributed by atoms with van der Waals surface area (Å²) < 4.78 is 41.1. The first kappa shape index (κ1) is 29.4. The van der Waals surface area contributed by atoms with Crippen molar-refractivity contribution in [2.45, 2.75) is 57.6 Å². The summed E-state index contributed by atoms with van der Waals surface area (Å²) in [4.78, 5) is 25.5. The van der Waals surface area contributed by atoms with Gasteiger partial charge >= 0.3 is 5.97 Å². The van der Waals surface area contributed by atoms with Gasteiger partial charge in [0.15, 0.2) is 11.6 Å². The van der Waals surface area contributed by atoms with Crippen molar-refractivity contribution in [3.05, 3.63) is 71.1 Å². The fraction of sp³-hybridized carbons (Fsp3) is 0.485. The highest BCUT2D eigenvalue weighted by Gasteiger charge is 2.29. The van der Waals surface area contributed by atoms with Crippen LogP contribution in [0.3, 0.4) is 0 Å². The third-order valence-corrected chi connectivity index (χ3v) is 9.15. The minimum absolute atomic E-state index is 0.0672. The minimum atomic E-state index is -0.800. The number of ether oxygens (including phenoxy) is 2. The van der Waals surface area contributed by atoms with Crippen molar-refractivity contribution in [1.82, 2.24) is 14.9 Å². The number of piperidine rings is 2. The average molecular weight is 593 g/mol. The lowest BCUT2D eigenvalue weighted by atomic mass is 9.91. The van der Waals surface area contributed by atoms with Crippen LogP contribution in [-0.4, -0.2) is 71.4 Å². The second kappa shape index (κ2) is 12.9. The van der Waals surface area contributed by atoms with Crippen LogP contribution in [0, 0.1) is 24.5 Å². The van der Waals surface area contributed by atoms with Crippen LogP contribution in [-0.2, 0) is 16.1 Å². The van der Waals surface area contributed by atoms with Gasteiger partial charge in [-0.05, 0) is 76.4 Å². The van der Waals surface area contributed by atoms with Crippen LogP contribution in [0.15, 0.2) is 42.5 Å². The van der Waals surface area contributed by atoms with E-state index in [2.05, 4.69) is 9.88 Å². The lowest BCUT2D eigenvalue weighted by Crippen LogP contribution is -2.41. The number of halogens is 2. The Bertz CT molecular complexity index is 1450. The Morgan fingerprint density at radius 2 is 1.81 bits per heavy atom. The number of hydrogen-bond acceptors (Lipinski definition) is 7. The van der Waals surface area contributed by atoms with Crippen LogP contribution >= 0.6 is 0 Å². The Morgan fingerprint density at radius 1 is 1.02 bits per heavy atom. The average Bonchev–Trinajstić information content (AvgIpc) is 3.56. The molecule has 1 aromatic carbocycles. The number of benzene rings is 1. The van der Waals surface area contributed by atoms with Crippen LogP contribution in [0.4, 0.5) is 14.6 Å². The van der Waals surface area contributed by atoms with Crippen molar-refractivity contribution in [2.75, 3.05) is 44.3 Å². The van der Waals surface area contributed by atoms with Crippen LogP contribution in [0.25, 0.3) is 11.3 Å². The fourth-order valence-electron chi connectivity index (χ4n) is 6.51. The number of carbonyl (C=O) groups is 1. The zero-order chi connectivity index (χ0) is 29.9. The molecule has 3 fully saturated rings. The molecular formula is C33H38F2N4O4. The first-order chi connectivity index (χ1) is 20.9. The molecule has 1 N–H and O–H groups in total. The van der Waals surface area contributed by atoms with Gasteiger partial charge < -0.3 is 19.5 Å². The summed E-state index contributed by atoms with van der Waals surface area (Å²) in [5.41, 5.74) is 3.35. The van der Waals surface area contributed by atoms with Crippen molar-refractivity contribution in [3.63, 3.8) is 0 Å². The second-order valence-corrected chi connectivity index (χ2v) is 11.8. The van der Waals surface area contributed by atoms with Gasteiger partial charge in [-0.1, -0.05) is 12.1 Å². The number of rotatable bonds is 8. The number of anilines is 1. The summed E-state index contributed by atoms with van der Waals surface area (Å²) >= 11 is 0. The number of aliphatic carboxylic acids is 1. The van der Waals surface area contributed by atoms with Gasteiger partial charge in [0.05, 0.1) is 18.2 Å². The maximum atomic E-state index is 15.1. The molecule has 1 atom stereocenters. The number of pyridine rings is 2. The molecule has 0 spiro atoms. The van der Waals surface area contributed by atoms with E-state index in [4.69, 9.17) is 14.5 Å². The Labute approximate surface area is 250 Å². The predicted octanol–water partition coefficient (Wildman–Crippen LogP) is 5.58. The highest BCUT2D eigenvalue weighted by atomic mass is 19.1. The van der Waals surface area contributed by atoms with Crippen molar-refractivity contribution in [1.29, 1.82) is 0 Å². The molecule has 228 valence electrons. The van der Waals surface area contributed by atoms with Crippen molar-refractivity contribution in [3.8, 4) is 17.0 Å². The van der Waals surface area contributed by atoms with E-state index in [0.717, 1.165) is 68.6 Å². The van der Waals surface area contributed by atoms with Gasteiger partial charge in [0.25, 0.3) is 0 Å². The van der Waals surface area contributed by atoms with Crippen molar-refractivity contribution < 1.29 is 28.2 Å². The lowest BCUT2D eigenvalue weighted by Gasteiger charge is -2.35. The van der Waals surface area contributed by atoms with E-state index in [9.17, 15) is 14.3 Å². The number of aryl methyl sites for hydroxylation is 1. The number of nitrogens with zero attached hydrogens (tertiary/aromatic N) is 4. The Hall–Kier alpha value is -3.63. The summed E-state index contributed by atoms with van der Waals surface area (Å²) in [6.07, 6.45) is 4.28. The SMILES string of the molecule is Cc1nc(C2CCN(C3CCOC3)CC2)ccc1COc1c(F)cc(F)cc1-c1cccc(N2CCC(C(=O)O)CC2)n1. The van der Waals surface area contributed by atoms with Crippen LogP contribution in [0.1, 0.15) is 55.0 Å². The monoisotopic (exact) mass is 592 g/mol. The van der Waals surface area contributed by atoms with Gasteiger partial charge in [-0.2, -0.15) is 0 Å². The zero-order valence-electron chi connectivity index (χ0n) is 24.5. The number of aromatic nitrogens is 2. The largest absolute Gasteiger partial charge is 0.485 e. The third kappa shape index (κ3) is 6.65. The summed E-state index contributed by atoms with van der Waals surface area (Å²) in [7, 11) is 0. The Balaban J connectivity index is 1.14. The van der Waals surface area contributed by atoms with Gasteiger partial charge in [-0.3, -0.25) is 14.7 Å². The van der Waals surface area contributed by atoms with E-state index in [1.54, 1.807) is 12.1 Å². The molecule has 43 heavy (non-hydrogen) atoms. The third-order valence-electron chi connectivity index (χ3n) is 9.15. The second-order valence-electron chi connectivity index (χ2n) is 11.8. The molecule has 0 bridgehead atoms. The van der Waals surface area contributed by atoms with E-state index in [-0.39, 0.29) is 23.8 Å². The number of carboxylic acids is 1. The maximum absolute atomic E-state index is 15.1. The van der Waals surface area contributed by atoms with E-state index >= 15 is 4.39 Å². The molecule has 0 saturated carbocycles. The predicted molar refractivity (Wildman–Crippen MR) is 158 cm³/mol. The van der Waals surface area contributed by atoms with E-state index in [0.29, 0.717) is 49.4 Å². The molecule has 2 aromatic heterocycles. The molecule has 3 aromatic rings. The molecule has 6 rings (SSSR count). The van der Waals surface area contributed by atoms with E-state index in [1.807, 2.05) is 30.0 Å². The molecule has 0 amide bonds. The van der Waals surface area contributed by atoms with Crippen molar-refractivity contribution in [2.24, 2.45) is 5.92 Å². The summed E-state index contributed by atoms with van der Waals surface area (Å²) in [6, 6.07) is 11.9. The molecule has 3 aliphatic rings. The smallest absolute Gasteiger partial charge is 0.306 e. The summed E-state index contributed by atoms with van der Waals surface area (Å²) in [6.45, 7) is 6.90. The molecule has 1 unspecified atom stereocenters. The highest BCUT2D eigenvalue weighted by molar-refractivity contribution is 5.71. The number of carboxylic acid groups (broad SMARTS) is 1. The molecule has 0 radical (unpaired) electrons. The van der Waals surface area contributed by atoms with Crippen LogP contribution in [0.5, 0.6) is 5.75 Å². The number of likely N-dealkylation sites (tertiary alicyclic amines) is 1. The van der Waals surface area contributed by atoms with Crippen LogP contribution < -0.4 is 9.64 Å². The Morgan fingerprint density at radius 3 is 2.51 bits per heavy atom.